The Morgan fingerprint density at radius 1 is 1.15 bits per heavy atom. The van der Waals surface area contributed by atoms with Gasteiger partial charge in [-0.15, -0.1) is 10.2 Å². The minimum absolute atomic E-state index is 0.104. The summed E-state index contributed by atoms with van der Waals surface area (Å²) in [5.74, 6) is 0.925. The molecule has 1 aromatic carbocycles. The monoisotopic (exact) mass is 365 g/mol. The summed E-state index contributed by atoms with van der Waals surface area (Å²) in [4.78, 5) is 12.4. The molecule has 27 heavy (non-hydrogen) atoms. The molecule has 138 valence electrons. The molecule has 1 amide bonds. The topological polar surface area (TPSA) is 94.3 Å². The number of benzene rings is 1. The van der Waals surface area contributed by atoms with Crippen molar-refractivity contribution in [2.45, 2.75) is 33.2 Å². The van der Waals surface area contributed by atoms with Gasteiger partial charge in [0, 0.05) is 23.4 Å². The first-order chi connectivity index (χ1) is 13.0. The molecule has 0 aliphatic heterocycles. The highest BCUT2D eigenvalue weighted by molar-refractivity contribution is 5.91. The number of amides is 1. The van der Waals surface area contributed by atoms with Gasteiger partial charge in [0.1, 0.15) is 11.3 Å². The van der Waals surface area contributed by atoms with E-state index in [-0.39, 0.29) is 17.8 Å². The number of fused-ring (bicyclic) bond motifs is 1. The largest absolute Gasteiger partial charge is 0.469 e. The summed E-state index contributed by atoms with van der Waals surface area (Å²) in [5.41, 5.74) is 2.70. The lowest BCUT2D eigenvalue weighted by Gasteiger charge is -2.10. The van der Waals surface area contributed by atoms with Crippen LogP contribution in [-0.4, -0.2) is 22.1 Å². The Labute approximate surface area is 155 Å². The van der Waals surface area contributed by atoms with Crippen molar-refractivity contribution in [1.29, 1.82) is 0 Å². The molecule has 0 bridgehead atoms. The highest BCUT2D eigenvalue weighted by atomic mass is 16.4. The minimum atomic E-state index is -0.433. The van der Waals surface area contributed by atoms with Crippen molar-refractivity contribution in [1.82, 2.24) is 15.5 Å². The zero-order valence-electron chi connectivity index (χ0n) is 15.3. The molecule has 0 fully saturated rings. The molecule has 0 aliphatic carbocycles. The summed E-state index contributed by atoms with van der Waals surface area (Å²) >= 11 is 0. The van der Waals surface area contributed by atoms with Gasteiger partial charge in [0.15, 0.2) is 5.76 Å². The number of aryl methyl sites for hydroxylation is 2. The van der Waals surface area contributed by atoms with Gasteiger partial charge in [-0.25, -0.2) is 0 Å². The molecule has 3 heterocycles. The first kappa shape index (κ1) is 17.1. The number of rotatable bonds is 5. The van der Waals surface area contributed by atoms with E-state index in [9.17, 15) is 4.79 Å². The summed E-state index contributed by atoms with van der Waals surface area (Å²) in [6.45, 7) is 5.78. The first-order valence-corrected chi connectivity index (χ1v) is 8.68. The lowest BCUT2D eigenvalue weighted by molar-refractivity contribution is 0.0904. The Morgan fingerprint density at radius 2 is 2.00 bits per heavy atom. The van der Waals surface area contributed by atoms with E-state index in [1.54, 1.807) is 6.26 Å². The van der Waals surface area contributed by atoms with E-state index >= 15 is 0 Å². The Morgan fingerprint density at radius 3 is 2.74 bits per heavy atom. The van der Waals surface area contributed by atoms with Gasteiger partial charge in [0.2, 0.25) is 0 Å². The molecule has 1 atom stereocenters. The van der Waals surface area contributed by atoms with Gasteiger partial charge in [-0.1, -0.05) is 18.2 Å². The number of para-hydroxylation sites is 1. The van der Waals surface area contributed by atoms with Crippen molar-refractivity contribution < 1.29 is 18.0 Å². The van der Waals surface area contributed by atoms with Crippen LogP contribution in [0.4, 0.5) is 0 Å². The van der Waals surface area contributed by atoms with Crippen molar-refractivity contribution in [3.8, 4) is 11.7 Å². The third-order valence-electron chi connectivity index (χ3n) is 4.44. The lowest BCUT2D eigenvalue weighted by Crippen LogP contribution is -2.34. The standard InChI is InChI=1S/C20H19N3O4/c1-11-6-4-8-15-13(3)17(26-16(11)15)19-22-23-20(27-19)18(24)21-12(2)10-14-7-5-9-25-14/h4-9,12H,10H2,1-3H3,(H,21,24). The predicted octanol–water partition coefficient (Wildman–Crippen LogP) is 4.05. The van der Waals surface area contributed by atoms with Gasteiger partial charge < -0.3 is 18.6 Å². The Bertz CT molecular complexity index is 1090. The smallest absolute Gasteiger partial charge is 0.309 e. The van der Waals surface area contributed by atoms with Crippen LogP contribution in [0.5, 0.6) is 0 Å². The van der Waals surface area contributed by atoms with Gasteiger partial charge >= 0.3 is 11.8 Å². The van der Waals surface area contributed by atoms with Crippen LogP contribution in [0.2, 0.25) is 0 Å². The average molecular weight is 365 g/mol. The molecular formula is C20H19N3O4. The molecule has 4 aromatic rings. The average Bonchev–Trinajstić information content (AvgIpc) is 3.36. The number of nitrogens with one attached hydrogen (secondary N) is 1. The summed E-state index contributed by atoms with van der Waals surface area (Å²) in [5, 5.41) is 11.7. The Balaban J connectivity index is 1.54. The van der Waals surface area contributed by atoms with E-state index in [1.807, 2.05) is 51.1 Å². The zero-order valence-corrected chi connectivity index (χ0v) is 15.3. The second-order valence-electron chi connectivity index (χ2n) is 6.58. The Hall–Kier alpha value is -3.35. The van der Waals surface area contributed by atoms with Crippen LogP contribution in [0, 0.1) is 13.8 Å². The number of aromatic nitrogens is 2. The first-order valence-electron chi connectivity index (χ1n) is 8.68. The summed E-state index contributed by atoms with van der Waals surface area (Å²) in [7, 11) is 0. The van der Waals surface area contributed by atoms with Gasteiger partial charge in [-0.05, 0) is 38.5 Å². The number of hydrogen-bond acceptors (Lipinski definition) is 6. The maximum absolute atomic E-state index is 12.4. The molecular weight excluding hydrogens is 346 g/mol. The quantitative estimate of drug-likeness (QED) is 0.573. The fourth-order valence-corrected chi connectivity index (χ4v) is 3.06. The molecule has 7 nitrogen and oxygen atoms in total. The van der Waals surface area contributed by atoms with Gasteiger partial charge in [-0.3, -0.25) is 4.79 Å². The van der Waals surface area contributed by atoms with E-state index in [0.29, 0.717) is 12.2 Å². The zero-order chi connectivity index (χ0) is 19.0. The lowest BCUT2D eigenvalue weighted by atomic mass is 10.1. The fourth-order valence-electron chi connectivity index (χ4n) is 3.06. The van der Waals surface area contributed by atoms with Crippen molar-refractivity contribution in [2.75, 3.05) is 0 Å². The molecule has 0 spiro atoms. The fraction of sp³-hybridized carbons (Fsp3) is 0.250. The van der Waals surface area contributed by atoms with Gasteiger partial charge in [0.05, 0.1) is 6.26 Å². The second kappa shape index (κ2) is 6.75. The normalized spacial score (nSPS) is 12.4. The SMILES string of the molecule is Cc1c(-c2nnc(C(=O)NC(C)Cc3ccco3)o2)oc2c(C)cccc12. The maximum Gasteiger partial charge on any atom is 0.309 e. The summed E-state index contributed by atoms with van der Waals surface area (Å²) in [6.07, 6.45) is 2.17. The number of furan rings is 2. The van der Waals surface area contributed by atoms with Crippen LogP contribution in [0.15, 0.2) is 49.8 Å². The van der Waals surface area contributed by atoms with Crippen LogP contribution in [0.25, 0.3) is 22.6 Å². The molecule has 1 N–H and O–H groups in total. The molecule has 0 saturated heterocycles. The number of carbonyl (C=O) groups is 1. The highest BCUT2D eigenvalue weighted by Crippen LogP contribution is 2.33. The van der Waals surface area contributed by atoms with Crippen LogP contribution in [0.1, 0.15) is 34.5 Å². The number of carbonyl (C=O) groups excluding carboxylic acids is 1. The summed E-state index contributed by atoms with van der Waals surface area (Å²) in [6, 6.07) is 9.45. The van der Waals surface area contributed by atoms with Crippen LogP contribution >= 0.6 is 0 Å². The van der Waals surface area contributed by atoms with Crippen LogP contribution in [-0.2, 0) is 6.42 Å². The van der Waals surface area contributed by atoms with Crippen molar-refractivity contribution in [2.24, 2.45) is 0 Å². The second-order valence-corrected chi connectivity index (χ2v) is 6.58. The van der Waals surface area contributed by atoms with Crippen LogP contribution < -0.4 is 5.32 Å². The molecule has 7 heteroatoms. The third kappa shape index (κ3) is 3.23. The summed E-state index contributed by atoms with van der Waals surface area (Å²) < 4.78 is 16.8. The van der Waals surface area contributed by atoms with Gasteiger partial charge in [0.25, 0.3) is 5.89 Å². The van der Waals surface area contributed by atoms with Crippen molar-refractivity contribution >= 4 is 16.9 Å². The van der Waals surface area contributed by atoms with Gasteiger partial charge in [-0.2, -0.15) is 0 Å². The minimum Gasteiger partial charge on any atom is -0.469 e. The third-order valence-corrected chi connectivity index (χ3v) is 4.44. The van der Waals surface area contributed by atoms with E-state index in [0.717, 1.165) is 27.9 Å². The molecule has 0 aliphatic rings. The van der Waals surface area contributed by atoms with E-state index < -0.39 is 5.91 Å². The Kier molecular flexibility index (Phi) is 4.27. The van der Waals surface area contributed by atoms with E-state index in [2.05, 4.69) is 15.5 Å². The van der Waals surface area contributed by atoms with Crippen LogP contribution in [0.3, 0.4) is 0 Å². The number of nitrogens with zero attached hydrogens (tertiary/aromatic N) is 2. The van der Waals surface area contributed by atoms with Crippen molar-refractivity contribution in [3.05, 3.63) is 59.4 Å². The molecule has 1 unspecified atom stereocenters. The maximum atomic E-state index is 12.4. The number of hydrogen-bond donors (Lipinski definition) is 1. The van der Waals surface area contributed by atoms with E-state index in [1.165, 1.54) is 0 Å². The highest BCUT2D eigenvalue weighted by Gasteiger charge is 2.22. The van der Waals surface area contributed by atoms with Crippen molar-refractivity contribution in [3.63, 3.8) is 0 Å². The van der Waals surface area contributed by atoms with E-state index in [4.69, 9.17) is 13.3 Å². The molecule has 3 aromatic heterocycles. The molecule has 4 rings (SSSR count). The molecule has 0 radical (unpaired) electrons. The predicted molar refractivity (Wildman–Crippen MR) is 98.3 cm³/mol. The molecule has 0 saturated carbocycles.